The molecule has 1 saturated heterocycles. The van der Waals surface area contributed by atoms with Crippen LogP contribution in [0, 0.1) is 24.5 Å². The number of benzene rings is 1. The Kier molecular flexibility index (Phi) is 5.20. The first-order valence-corrected chi connectivity index (χ1v) is 9.36. The number of piperidine rings is 1. The van der Waals surface area contributed by atoms with Crippen molar-refractivity contribution in [3.63, 3.8) is 0 Å². The Labute approximate surface area is 166 Å². The summed E-state index contributed by atoms with van der Waals surface area (Å²) in [5.41, 5.74) is -0.0200. The summed E-state index contributed by atoms with van der Waals surface area (Å²) in [6, 6.07) is 6.81. The molecular weight excluding hydrogens is 378 g/mol. The van der Waals surface area contributed by atoms with Crippen LogP contribution in [0.5, 0.6) is 0 Å². The molecule has 3 heterocycles. The number of aryl methyl sites for hydroxylation is 1. The number of anilines is 2. The van der Waals surface area contributed by atoms with Crippen molar-refractivity contribution in [1.82, 2.24) is 19.7 Å². The molecule has 1 aliphatic heterocycles. The van der Waals surface area contributed by atoms with Gasteiger partial charge in [-0.2, -0.15) is 0 Å². The van der Waals surface area contributed by atoms with Gasteiger partial charge in [0.2, 0.25) is 5.91 Å². The SMILES string of the molecule is Cc1nccn1-c1ccc(N2CCCC(C(=O)Nc3ccc(F)cc3F)C2)nn1. The van der Waals surface area contributed by atoms with Crippen LogP contribution >= 0.6 is 0 Å². The van der Waals surface area contributed by atoms with Crippen LogP contribution in [-0.4, -0.2) is 38.7 Å². The lowest BCUT2D eigenvalue weighted by Crippen LogP contribution is -2.41. The molecular formula is C20H20F2N6O. The fourth-order valence-corrected chi connectivity index (χ4v) is 3.46. The molecule has 1 atom stereocenters. The minimum atomic E-state index is -0.790. The maximum absolute atomic E-state index is 13.8. The Bertz CT molecular complexity index is 1020. The molecule has 0 saturated carbocycles. The van der Waals surface area contributed by atoms with Gasteiger partial charge in [-0.1, -0.05) is 0 Å². The van der Waals surface area contributed by atoms with Crippen molar-refractivity contribution >= 4 is 17.4 Å². The average molecular weight is 398 g/mol. The van der Waals surface area contributed by atoms with Gasteiger partial charge in [0, 0.05) is 31.5 Å². The summed E-state index contributed by atoms with van der Waals surface area (Å²) in [5, 5.41) is 11.1. The predicted octanol–water partition coefficient (Wildman–Crippen LogP) is 3.10. The number of nitrogens with one attached hydrogen (secondary N) is 1. The maximum atomic E-state index is 13.8. The molecule has 1 N–H and O–H groups in total. The van der Waals surface area contributed by atoms with Gasteiger partial charge in [0.25, 0.3) is 0 Å². The van der Waals surface area contributed by atoms with Gasteiger partial charge in [0.15, 0.2) is 11.6 Å². The lowest BCUT2D eigenvalue weighted by molar-refractivity contribution is -0.120. The molecule has 1 amide bonds. The third-order valence-corrected chi connectivity index (χ3v) is 5.01. The Balaban J connectivity index is 1.44. The summed E-state index contributed by atoms with van der Waals surface area (Å²) in [4.78, 5) is 18.7. The van der Waals surface area contributed by atoms with E-state index < -0.39 is 11.6 Å². The number of imidazole rings is 1. The number of hydrogen-bond acceptors (Lipinski definition) is 5. The highest BCUT2D eigenvalue weighted by Crippen LogP contribution is 2.24. The van der Waals surface area contributed by atoms with Crippen molar-refractivity contribution in [2.75, 3.05) is 23.3 Å². The number of hydrogen-bond donors (Lipinski definition) is 1. The fraction of sp³-hybridized carbons (Fsp3) is 0.300. The Morgan fingerprint density at radius 1 is 1.17 bits per heavy atom. The molecule has 2 aromatic heterocycles. The average Bonchev–Trinajstić information content (AvgIpc) is 3.16. The van der Waals surface area contributed by atoms with Crippen molar-refractivity contribution < 1.29 is 13.6 Å². The molecule has 1 unspecified atom stereocenters. The van der Waals surface area contributed by atoms with Crippen molar-refractivity contribution in [3.8, 4) is 5.82 Å². The minimum Gasteiger partial charge on any atom is -0.354 e. The van der Waals surface area contributed by atoms with Gasteiger partial charge >= 0.3 is 0 Å². The van der Waals surface area contributed by atoms with E-state index in [2.05, 4.69) is 20.5 Å². The van der Waals surface area contributed by atoms with Gasteiger partial charge in [-0.15, -0.1) is 10.2 Å². The second-order valence-electron chi connectivity index (χ2n) is 6.99. The predicted molar refractivity (Wildman–Crippen MR) is 104 cm³/mol. The highest BCUT2D eigenvalue weighted by atomic mass is 19.1. The molecule has 3 aromatic rings. The van der Waals surface area contributed by atoms with Crippen LogP contribution in [0.4, 0.5) is 20.3 Å². The zero-order valence-corrected chi connectivity index (χ0v) is 15.8. The molecule has 1 aliphatic rings. The lowest BCUT2D eigenvalue weighted by Gasteiger charge is -2.32. The largest absolute Gasteiger partial charge is 0.354 e. The van der Waals surface area contributed by atoms with Crippen molar-refractivity contribution in [1.29, 1.82) is 0 Å². The van der Waals surface area contributed by atoms with E-state index in [9.17, 15) is 13.6 Å². The molecule has 150 valence electrons. The number of amides is 1. The van der Waals surface area contributed by atoms with E-state index in [-0.39, 0.29) is 17.5 Å². The van der Waals surface area contributed by atoms with Crippen molar-refractivity contribution in [2.45, 2.75) is 19.8 Å². The van der Waals surface area contributed by atoms with E-state index in [0.29, 0.717) is 24.6 Å². The highest BCUT2D eigenvalue weighted by Gasteiger charge is 2.27. The molecule has 0 bridgehead atoms. The zero-order chi connectivity index (χ0) is 20.4. The van der Waals surface area contributed by atoms with Gasteiger partial charge < -0.3 is 10.2 Å². The first-order chi connectivity index (χ1) is 14.0. The van der Waals surface area contributed by atoms with Gasteiger partial charge in [0.1, 0.15) is 17.5 Å². The van der Waals surface area contributed by atoms with Crippen LogP contribution < -0.4 is 10.2 Å². The smallest absolute Gasteiger partial charge is 0.229 e. The molecule has 29 heavy (non-hydrogen) atoms. The Hall–Kier alpha value is -3.36. The van der Waals surface area contributed by atoms with Crippen molar-refractivity contribution in [3.05, 3.63) is 60.2 Å². The Morgan fingerprint density at radius 2 is 1.97 bits per heavy atom. The lowest BCUT2D eigenvalue weighted by atomic mass is 9.97. The number of aromatic nitrogens is 4. The fourth-order valence-electron chi connectivity index (χ4n) is 3.46. The molecule has 1 aromatic carbocycles. The van der Waals surface area contributed by atoms with Crippen LogP contribution in [0.15, 0.2) is 42.7 Å². The topological polar surface area (TPSA) is 75.9 Å². The van der Waals surface area contributed by atoms with Crippen molar-refractivity contribution in [2.24, 2.45) is 5.92 Å². The van der Waals surface area contributed by atoms with Gasteiger partial charge in [-0.05, 0) is 44.0 Å². The molecule has 7 nitrogen and oxygen atoms in total. The summed E-state index contributed by atoms with van der Waals surface area (Å²) in [7, 11) is 0. The molecule has 4 rings (SSSR count). The van der Waals surface area contributed by atoms with Gasteiger partial charge in [-0.3, -0.25) is 9.36 Å². The summed E-state index contributed by atoms with van der Waals surface area (Å²) in [6.45, 7) is 3.09. The normalized spacial score (nSPS) is 16.7. The number of rotatable bonds is 4. The second kappa shape index (κ2) is 7.94. The summed E-state index contributed by atoms with van der Waals surface area (Å²) < 4.78 is 28.7. The molecule has 0 aliphatic carbocycles. The number of halogens is 2. The number of nitrogens with zero attached hydrogens (tertiary/aromatic N) is 5. The van der Waals surface area contributed by atoms with E-state index >= 15 is 0 Å². The van der Waals surface area contributed by atoms with Crippen LogP contribution in [0.2, 0.25) is 0 Å². The third-order valence-electron chi connectivity index (χ3n) is 5.01. The third kappa shape index (κ3) is 4.08. The second-order valence-corrected chi connectivity index (χ2v) is 6.99. The zero-order valence-electron chi connectivity index (χ0n) is 15.8. The summed E-state index contributed by atoms with van der Waals surface area (Å²) in [5.74, 6) is 0.0671. The maximum Gasteiger partial charge on any atom is 0.229 e. The van der Waals surface area contributed by atoms with Crippen LogP contribution in [0.1, 0.15) is 18.7 Å². The van der Waals surface area contributed by atoms with Crippen LogP contribution in [0.3, 0.4) is 0 Å². The van der Waals surface area contributed by atoms with Gasteiger partial charge in [0.05, 0.1) is 11.6 Å². The van der Waals surface area contributed by atoms with E-state index in [4.69, 9.17) is 0 Å². The van der Waals surface area contributed by atoms with E-state index in [1.165, 1.54) is 6.07 Å². The highest BCUT2D eigenvalue weighted by molar-refractivity contribution is 5.93. The molecule has 0 spiro atoms. The monoisotopic (exact) mass is 398 g/mol. The first kappa shape index (κ1) is 19.0. The molecule has 0 radical (unpaired) electrons. The van der Waals surface area contributed by atoms with Crippen LogP contribution in [0.25, 0.3) is 5.82 Å². The minimum absolute atomic E-state index is 0.0200. The van der Waals surface area contributed by atoms with E-state index in [0.717, 1.165) is 30.9 Å². The molecule has 1 fully saturated rings. The van der Waals surface area contributed by atoms with E-state index in [1.54, 1.807) is 6.20 Å². The molecule has 9 heteroatoms. The summed E-state index contributed by atoms with van der Waals surface area (Å²) >= 11 is 0. The van der Waals surface area contributed by atoms with E-state index in [1.807, 2.05) is 34.7 Å². The summed E-state index contributed by atoms with van der Waals surface area (Å²) in [6.07, 6.45) is 5.00. The Morgan fingerprint density at radius 3 is 2.66 bits per heavy atom. The van der Waals surface area contributed by atoms with Crippen LogP contribution in [-0.2, 0) is 4.79 Å². The standard InChI is InChI=1S/C20H20F2N6O/c1-13-23-8-10-28(13)19-7-6-18(25-26-19)27-9-2-3-14(12-27)20(29)24-17-5-4-15(21)11-16(17)22/h4-8,10-11,14H,2-3,9,12H2,1H3,(H,24,29). The quantitative estimate of drug-likeness (QED) is 0.731. The number of carbonyl (C=O) groups is 1. The van der Waals surface area contributed by atoms with Gasteiger partial charge in [-0.25, -0.2) is 13.8 Å². The first-order valence-electron chi connectivity index (χ1n) is 9.36. The number of carbonyl (C=O) groups excluding carboxylic acids is 1.